The summed E-state index contributed by atoms with van der Waals surface area (Å²) in [5.41, 5.74) is -0.280. The van der Waals surface area contributed by atoms with Gasteiger partial charge in [0.05, 0.1) is 34.6 Å². The largest absolute Gasteiger partial charge is 0.467 e. The Morgan fingerprint density at radius 1 is 1.15 bits per heavy atom. The lowest BCUT2D eigenvalue weighted by Gasteiger charge is -2.32. The molecule has 7 nitrogen and oxygen atoms in total. The quantitative estimate of drug-likeness (QED) is 0.559. The first-order chi connectivity index (χ1) is 16.1. The molecule has 1 saturated heterocycles. The van der Waals surface area contributed by atoms with E-state index in [1.807, 2.05) is 10.7 Å². The van der Waals surface area contributed by atoms with Gasteiger partial charge >= 0.3 is 12.1 Å². The van der Waals surface area contributed by atoms with Gasteiger partial charge in [0.25, 0.3) is 0 Å². The Hall–Kier alpha value is -2.56. The Balaban J connectivity index is 1.53. The van der Waals surface area contributed by atoms with Gasteiger partial charge in [-0.3, -0.25) is 0 Å². The van der Waals surface area contributed by atoms with Gasteiger partial charge in [-0.1, -0.05) is 12.1 Å². The number of benzene rings is 1. The van der Waals surface area contributed by atoms with Crippen molar-refractivity contribution < 1.29 is 31.1 Å². The van der Waals surface area contributed by atoms with E-state index in [0.29, 0.717) is 11.7 Å². The molecule has 34 heavy (non-hydrogen) atoms. The smallest absolute Gasteiger partial charge is 0.417 e. The first kappa shape index (κ1) is 23.2. The van der Waals surface area contributed by atoms with Gasteiger partial charge in [-0.05, 0) is 50.7 Å². The SMILES string of the molecule is COC(=O)C1CC(S(=O)(=O)c2ccccc2C(F)(F)F)CN1c1cc(C2CC2)nn1C1CCC1. The summed E-state index contributed by atoms with van der Waals surface area (Å²) in [6.45, 7) is -0.114. The van der Waals surface area contributed by atoms with Crippen LogP contribution in [0.5, 0.6) is 0 Å². The van der Waals surface area contributed by atoms with Gasteiger partial charge in [0.15, 0.2) is 9.84 Å². The van der Waals surface area contributed by atoms with Gasteiger partial charge in [0.2, 0.25) is 0 Å². The maximum Gasteiger partial charge on any atom is 0.417 e. The summed E-state index contributed by atoms with van der Waals surface area (Å²) < 4.78 is 74.5. The van der Waals surface area contributed by atoms with Crippen molar-refractivity contribution >= 4 is 21.6 Å². The number of sulfone groups is 1. The summed E-state index contributed by atoms with van der Waals surface area (Å²) >= 11 is 0. The summed E-state index contributed by atoms with van der Waals surface area (Å²) in [7, 11) is -3.17. The molecular formula is C23H26F3N3O4S. The third-order valence-corrected chi connectivity index (χ3v) is 9.31. The molecule has 2 saturated carbocycles. The topological polar surface area (TPSA) is 81.5 Å². The van der Waals surface area contributed by atoms with E-state index in [2.05, 4.69) is 0 Å². The molecule has 0 radical (unpaired) electrons. The van der Waals surface area contributed by atoms with Crippen molar-refractivity contribution in [3.05, 3.63) is 41.6 Å². The number of carbonyl (C=O) groups excluding carboxylic acids is 1. The molecule has 2 aromatic rings. The van der Waals surface area contributed by atoms with Crippen molar-refractivity contribution in [1.82, 2.24) is 9.78 Å². The van der Waals surface area contributed by atoms with Crippen molar-refractivity contribution in [3.63, 3.8) is 0 Å². The Morgan fingerprint density at radius 2 is 1.85 bits per heavy atom. The molecule has 11 heteroatoms. The highest BCUT2D eigenvalue weighted by Gasteiger charge is 2.48. The first-order valence-electron chi connectivity index (χ1n) is 11.4. The van der Waals surface area contributed by atoms with Crippen molar-refractivity contribution in [3.8, 4) is 0 Å². The van der Waals surface area contributed by atoms with Gasteiger partial charge in [-0.15, -0.1) is 0 Å². The molecule has 0 amide bonds. The maximum atomic E-state index is 13.6. The predicted molar refractivity (Wildman–Crippen MR) is 117 cm³/mol. The molecule has 1 aromatic carbocycles. The Kier molecular flexibility index (Phi) is 5.65. The fourth-order valence-corrected chi connectivity index (χ4v) is 6.77. The normalized spacial score (nSPS) is 23.7. The van der Waals surface area contributed by atoms with Crippen LogP contribution in [0.25, 0.3) is 0 Å². The van der Waals surface area contributed by atoms with E-state index in [4.69, 9.17) is 9.84 Å². The Bertz CT molecular complexity index is 1200. The van der Waals surface area contributed by atoms with Crippen LogP contribution in [0.15, 0.2) is 35.2 Å². The zero-order valence-corrected chi connectivity index (χ0v) is 19.5. The zero-order valence-electron chi connectivity index (χ0n) is 18.7. The summed E-state index contributed by atoms with van der Waals surface area (Å²) in [5.74, 6) is 0.386. The minimum atomic E-state index is -4.81. The fraction of sp³-hybridized carbons (Fsp3) is 0.565. The fourth-order valence-electron chi connectivity index (χ4n) is 4.86. The van der Waals surface area contributed by atoms with E-state index < -0.39 is 43.7 Å². The minimum absolute atomic E-state index is 0.114. The number of hydrogen-bond acceptors (Lipinski definition) is 6. The van der Waals surface area contributed by atoms with Crippen LogP contribution in [-0.4, -0.2) is 49.1 Å². The molecule has 184 valence electrons. The van der Waals surface area contributed by atoms with Gasteiger partial charge in [0, 0.05) is 18.5 Å². The average Bonchev–Trinajstić information content (AvgIpc) is 3.37. The number of rotatable bonds is 6. The van der Waals surface area contributed by atoms with Crippen LogP contribution in [-0.2, 0) is 25.5 Å². The number of halogens is 3. The summed E-state index contributed by atoms with van der Waals surface area (Å²) in [6, 6.07) is 5.34. The second kappa shape index (κ2) is 8.28. The van der Waals surface area contributed by atoms with Crippen molar-refractivity contribution in [2.45, 2.75) is 72.8 Å². The van der Waals surface area contributed by atoms with Crippen LogP contribution < -0.4 is 4.90 Å². The lowest BCUT2D eigenvalue weighted by molar-refractivity contribution is -0.142. The number of aromatic nitrogens is 2. The number of carbonyl (C=O) groups is 1. The van der Waals surface area contributed by atoms with E-state index in [1.54, 1.807) is 4.90 Å². The summed E-state index contributed by atoms with van der Waals surface area (Å²) in [6.07, 6.45) is 0.0435. The van der Waals surface area contributed by atoms with Crippen molar-refractivity contribution in [2.75, 3.05) is 18.6 Å². The molecule has 3 aliphatic rings. The average molecular weight is 498 g/mol. The molecular weight excluding hydrogens is 471 g/mol. The highest BCUT2D eigenvalue weighted by molar-refractivity contribution is 7.92. The maximum absolute atomic E-state index is 13.6. The second-order valence-corrected chi connectivity index (χ2v) is 11.5. The molecule has 3 fully saturated rings. The van der Waals surface area contributed by atoms with Crippen molar-refractivity contribution in [2.24, 2.45) is 0 Å². The van der Waals surface area contributed by atoms with Crippen molar-refractivity contribution in [1.29, 1.82) is 0 Å². The van der Waals surface area contributed by atoms with E-state index in [-0.39, 0.29) is 19.0 Å². The van der Waals surface area contributed by atoms with Gasteiger partial charge in [-0.25, -0.2) is 17.9 Å². The first-order valence-corrected chi connectivity index (χ1v) is 13.0. The molecule has 2 atom stereocenters. The summed E-state index contributed by atoms with van der Waals surface area (Å²) in [4.78, 5) is 13.6. The van der Waals surface area contributed by atoms with Crippen LogP contribution in [0.4, 0.5) is 19.0 Å². The summed E-state index contributed by atoms with van der Waals surface area (Å²) in [5, 5.41) is 3.58. The lowest BCUT2D eigenvalue weighted by Crippen LogP contribution is -2.39. The van der Waals surface area contributed by atoms with E-state index in [9.17, 15) is 26.4 Å². The van der Waals surface area contributed by atoms with E-state index in [1.165, 1.54) is 13.2 Å². The number of methoxy groups -OCH3 is 1. The molecule has 0 spiro atoms. The van der Waals surface area contributed by atoms with Gasteiger partial charge in [-0.2, -0.15) is 18.3 Å². The number of esters is 1. The molecule has 0 N–H and O–H groups in total. The Labute approximate surface area is 195 Å². The number of alkyl halides is 3. The molecule has 5 rings (SSSR count). The number of anilines is 1. The lowest BCUT2D eigenvalue weighted by atomic mass is 9.93. The van der Waals surface area contributed by atoms with Crippen LogP contribution >= 0.6 is 0 Å². The van der Waals surface area contributed by atoms with Crippen LogP contribution in [0.2, 0.25) is 0 Å². The molecule has 0 bridgehead atoms. The van der Waals surface area contributed by atoms with E-state index >= 15 is 0 Å². The van der Waals surface area contributed by atoms with Gasteiger partial charge < -0.3 is 9.64 Å². The number of ether oxygens (including phenoxy) is 1. The molecule has 2 heterocycles. The molecule has 1 aromatic heterocycles. The standard InChI is InChI=1S/C23H26F3N3O4S/c1-33-22(30)19-11-16(34(31,32)20-8-3-2-7-17(20)23(24,25)26)13-28(19)21-12-18(14-9-10-14)27-29(21)15-5-4-6-15/h2-3,7-8,12,14-16,19H,4-6,9-11,13H2,1H3. The monoisotopic (exact) mass is 497 g/mol. The highest BCUT2D eigenvalue weighted by Crippen LogP contribution is 2.45. The zero-order chi connectivity index (χ0) is 24.3. The number of hydrogen-bond donors (Lipinski definition) is 0. The van der Waals surface area contributed by atoms with E-state index in [0.717, 1.165) is 56.0 Å². The third-order valence-electron chi connectivity index (χ3n) is 7.12. The second-order valence-electron chi connectivity index (χ2n) is 9.32. The Morgan fingerprint density at radius 3 is 2.44 bits per heavy atom. The van der Waals surface area contributed by atoms with Gasteiger partial charge in [0.1, 0.15) is 11.9 Å². The number of nitrogens with zero attached hydrogens (tertiary/aromatic N) is 3. The van der Waals surface area contributed by atoms with Crippen LogP contribution in [0.1, 0.15) is 61.7 Å². The minimum Gasteiger partial charge on any atom is -0.467 e. The van der Waals surface area contributed by atoms with Crippen LogP contribution in [0.3, 0.4) is 0 Å². The molecule has 1 aliphatic heterocycles. The van der Waals surface area contributed by atoms with Crippen LogP contribution in [0, 0.1) is 0 Å². The highest BCUT2D eigenvalue weighted by atomic mass is 32.2. The third kappa shape index (κ3) is 3.97. The molecule has 2 aliphatic carbocycles. The molecule has 2 unspecified atom stereocenters. The predicted octanol–water partition coefficient (Wildman–Crippen LogP) is 4.10.